The van der Waals surface area contributed by atoms with Crippen molar-refractivity contribution in [3.8, 4) is 5.75 Å². The molecule has 2 bridgehead atoms. The van der Waals surface area contributed by atoms with Crippen LogP contribution in [0.15, 0.2) is 47.5 Å². The fourth-order valence-corrected chi connectivity index (χ4v) is 5.95. The summed E-state index contributed by atoms with van der Waals surface area (Å²) in [4.78, 5) is 31.7. The van der Waals surface area contributed by atoms with Gasteiger partial charge in [-0.15, -0.1) is 0 Å². The predicted octanol–water partition coefficient (Wildman–Crippen LogP) is 3.25. The van der Waals surface area contributed by atoms with Crippen LogP contribution < -0.4 is 20.3 Å². The molecule has 4 rings (SSSR count). The molecule has 2 unspecified atom stereocenters. The Morgan fingerprint density at radius 3 is 2.28 bits per heavy atom. The van der Waals surface area contributed by atoms with Crippen molar-refractivity contribution in [3.63, 3.8) is 0 Å². The van der Waals surface area contributed by atoms with Crippen LogP contribution in [0.4, 0.5) is 19.0 Å². The molecule has 2 fully saturated rings. The van der Waals surface area contributed by atoms with E-state index in [1.165, 1.54) is 24.4 Å². The lowest BCUT2D eigenvalue weighted by Gasteiger charge is -2.40. The SMILES string of the molecule is CC(C)(Oc1ccccc1S(C)(=O)=O)C(=O)NC1CC2CCC(C1)N2c1ccc(C(=O)NCC(F)(F)F)cn1. The van der Waals surface area contributed by atoms with Gasteiger partial charge in [-0.1, -0.05) is 12.1 Å². The molecular weight excluding hydrogens is 537 g/mol. The largest absolute Gasteiger partial charge is 0.477 e. The van der Waals surface area contributed by atoms with E-state index in [1.807, 2.05) is 5.32 Å². The van der Waals surface area contributed by atoms with Gasteiger partial charge in [0.2, 0.25) is 0 Å². The van der Waals surface area contributed by atoms with E-state index in [-0.39, 0.29) is 40.2 Å². The molecule has 2 atom stereocenters. The Hall–Kier alpha value is -3.35. The molecule has 13 heteroatoms. The van der Waals surface area contributed by atoms with Crippen LogP contribution in [-0.2, 0) is 14.6 Å². The van der Waals surface area contributed by atoms with Gasteiger partial charge in [-0.3, -0.25) is 9.59 Å². The zero-order chi connectivity index (χ0) is 28.6. The van der Waals surface area contributed by atoms with Gasteiger partial charge in [0.25, 0.3) is 11.8 Å². The molecule has 2 saturated heterocycles. The van der Waals surface area contributed by atoms with Crippen LogP contribution in [0.3, 0.4) is 0 Å². The number of amides is 2. The van der Waals surface area contributed by atoms with Crippen LogP contribution in [-0.4, -0.2) is 67.9 Å². The maximum atomic E-state index is 13.2. The standard InChI is InChI=1S/C26H31F3N4O5S/c1-25(2,38-20-6-4-5-7-21(20)39(3,36)37)24(35)32-17-12-18-9-10-19(13-17)33(18)22-11-8-16(14-30-22)23(34)31-15-26(27,28)29/h4-8,11,14,17-19H,9-10,12-13,15H2,1-3H3,(H,31,34)(H,32,35). The number of halogens is 3. The molecule has 212 valence electrons. The number of alkyl halides is 3. The average Bonchev–Trinajstić information content (AvgIpc) is 3.11. The fraction of sp³-hybridized carbons (Fsp3) is 0.500. The maximum absolute atomic E-state index is 13.2. The number of fused-ring (bicyclic) bond motifs is 2. The van der Waals surface area contributed by atoms with Crippen LogP contribution in [0.5, 0.6) is 5.75 Å². The summed E-state index contributed by atoms with van der Waals surface area (Å²) in [5, 5.41) is 4.89. The summed E-state index contributed by atoms with van der Waals surface area (Å²) in [6.07, 6.45) is 0.910. The van der Waals surface area contributed by atoms with E-state index in [4.69, 9.17) is 4.74 Å². The number of nitrogens with zero attached hydrogens (tertiary/aromatic N) is 2. The molecule has 2 aliphatic heterocycles. The Bertz CT molecular complexity index is 1320. The number of piperidine rings is 1. The fourth-order valence-electron chi connectivity index (χ4n) is 5.15. The second-order valence-corrected chi connectivity index (χ2v) is 12.5. The third-order valence-corrected chi connectivity index (χ3v) is 8.09. The molecule has 2 N–H and O–H groups in total. The molecule has 0 aliphatic carbocycles. The highest BCUT2D eigenvalue weighted by atomic mass is 32.2. The number of pyridine rings is 1. The van der Waals surface area contributed by atoms with E-state index in [0.29, 0.717) is 18.7 Å². The lowest BCUT2D eigenvalue weighted by atomic mass is 9.96. The van der Waals surface area contributed by atoms with E-state index in [0.717, 1.165) is 19.1 Å². The monoisotopic (exact) mass is 568 g/mol. The van der Waals surface area contributed by atoms with Crippen LogP contribution in [0.1, 0.15) is 49.9 Å². The minimum absolute atomic E-state index is 0.00794. The number of carbonyl (C=O) groups excluding carboxylic acids is 2. The van der Waals surface area contributed by atoms with Crippen molar-refractivity contribution in [2.75, 3.05) is 17.7 Å². The summed E-state index contributed by atoms with van der Waals surface area (Å²) in [6, 6.07) is 9.29. The molecule has 0 saturated carbocycles. The lowest BCUT2D eigenvalue weighted by Crippen LogP contribution is -2.55. The Morgan fingerprint density at radius 1 is 1.08 bits per heavy atom. The molecule has 0 radical (unpaired) electrons. The van der Waals surface area contributed by atoms with Gasteiger partial charge in [0.1, 0.15) is 23.0 Å². The van der Waals surface area contributed by atoms with Crippen LogP contribution >= 0.6 is 0 Å². The Labute approximate surface area is 225 Å². The van der Waals surface area contributed by atoms with Gasteiger partial charge < -0.3 is 20.3 Å². The first-order valence-electron chi connectivity index (χ1n) is 12.5. The van der Waals surface area contributed by atoms with Crippen LogP contribution in [0.25, 0.3) is 0 Å². The van der Waals surface area contributed by atoms with Crippen LogP contribution in [0, 0.1) is 0 Å². The van der Waals surface area contributed by atoms with E-state index < -0.39 is 34.1 Å². The van der Waals surface area contributed by atoms with Crippen molar-refractivity contribution in [1.29, 1.82) is 0 Å². The smallest absolute Gasteiger partial charge is 0.405 e. The number of ether oxygens (including phenoxy) is 1. The topological polar surface area (TPSA) is 118 Å². The summed E-state index contributed by atoms with van der Waals surface area (Å²) in [7, 11) is -3.55. The molecule has 0 spiro atoms. The number of rotatable bonds is 8. The zero-order valence-electron chi connectivity index (χ0n) is 21.8. The predicted molar refractivity (Wildman–Crippen MR) is 137 cm³/mol. The number of aromatic nitrogens is 1. The van der Waals surface area contributed by atoms with E-state index in [9.17, 15) is 31.2 Å². The third kappa shape index (κ3) is 6.81. The summed E-state index contributed by atoms with van der Waals surface area (Å²) in [5.41, 5.74) is -1.29. The first-order valence-corrected chi connectivity index (χ1v) is 14.4. The van der Waals surface area contributed by atoms with E-state index in [2.05, 4.69) is 15.2 Å². The minimum atomic E-state index is -4.50. The molecule has 2 aromatic rings. The van der Waals surface area contributed by atoms with Crippen molar-refractivity contribution in [2.24, 2.45) is 0 Å². The molecule has 2 amide bonds. The van der Waals surface area contributed by atoms with Gasteiger partial charge in [-0.2, -0.15) is 13.2 Å². The number of benzene rings is 1. The summed E-state index contributed by atoms with van der Waals surface area (Å²) in [6.45, 7) is 1.76. The number of hydrogen-bond acceptors (Lipinski definition) is 7. The summed E-state index contributed by atoms with van der Waals surface area (Å²) in [5.74, 6) is -0.479. The van der Waals surface area contributed by atoms with Gasteiger partial charge >= 0.3 is 6.18 Å². The van der Waals surface area contributed by atoms with Gasteiger partial charge in [0, 0.05) is 30.6 Å². The van der Waals surface area contributed by atoms with Gasteiger partial charge in [-0.05, 0) is 63.8 Å². The van der Waals surface area contributed by atoms with Crippen molar-refractivity contribution >= 4 is 27.5 Å². The zero-order valence-corrected chi connectivity index (χ0v) is 22.6. The molecule has 2 aliphatic rings. The van der Waals surface area contributed by atoms with Crippen molar-refractivity contribution in [1.82, 2.24) is 15.6 Å². The number of sulfone groups is 1. The van der Waals surface area contributed by atoms with Gasteiger partial charge in [0.15, 0.2) is 15.4 Å². The Morgan fingerprint density at radius 2 is 1.72 bits per heavy atom. The summed E-state index contributed by atoms with van der Waals surface area (Å²) >= 11 is 0. The molecule has 3 heterocycles. The van der Waals surface area contributed by atoms with E-state index >= 15 is 0 Å². The molecular formula is C26H31F3N4O5S. The molecule has 39 heavy (non-hydrogen) atoms. The molecule has 9 nitrogen and oxygen atoms in total. The molecule has 1 aromatic heterocycles. The second kappa shape index (κ2) is 10.7. The van der Waals surface area contributed by atoms with Crippen molar-refractivity contribution < 1.29 is 35.9 Å². The Balaban J connectivity index is 1.38. The number of nitrogens with one attached hydrogen (secondary N) is 2. The van der Waals surface area contributed by atoms with Gasteiger partial charge in [0.05, 0.1) is 5.56 Å². The highest BCUT2D eigenvalue weighted by molar-refractivity contribution is 7.90. The number of anilines is 1. The second-order valence-electron chi connectivity index (χ2n) is 10.5. The highest BCUT2D eigenvalue weighted by Gasteiger charge is 2.43. The minimum Gasteiger partial charge on any atom is -0.477 e. The highest BCUT2D eigenvalue weighted by Crippen LogP contribution is 2.39. The van der Waals surface area contributed by atoms with Gasteiger partial charge in [-0.25, -0.2) is 13.4 Å². The van der Waals surface area contributed by atoms with Crippen LogP contribution in [0.2, 0.25) is 0 Å². The summed E-state index contributed by atoms with van der Waals surface area (Å²) < 4.78 is 67.2. The molecule has 1 aromatic carbocycles. The van der Waals surface area contributed by atoms with Crippen molar-refractivity contribution in [3.05, 3.63) is 48.2 Å². The van der Waals surface area contributed by atoms with E-state index in [1.54, 1.807) is 32.0 Å². The third-order valence-electron chi connectivity index (χ3n) is 6.95. The lowest BCUT2D eigenvalue weighted by molar-refractivity contribution is -0.135. The number of carbonyl (C=O) groups is 2. The quantitative estimate of drug-likeness (QED) is 0.502. The van der Waals surface area contributed by atoms with Crippen molar-refractivity contribution in [2.45, 2.75) is 74.3 Å². The first-order chi connectivity index (χ1) is 18.1. The number of hydrogen-bond donors (Lipinski definition) is 2. The number of para-hydroxylation sites is 1. The average molecular weight is 569 g/mol. The Kier molecular flexibility index (Phi) is 7.84. The first kappa shape index (κ1) is 28.7. The maximum Gasteiger partial charge on any atom is 0.405 e. The normalized spacial score (nSPS) is 21.4.